The number of thiazole rings is 1. The van der Waals surface area contributed by atoms with Gasteiger partial charge in [-0.1, -0.05) is 23.8 Å². The van der Waals surface area contributed by atoms with Gasteiger partial charge in [-0.2, -0.15) is 0 Å². The number of nitrogens with one attached hydrogen (secondary N) is 2. The van der Waals surface area contributed by atoms with E-state index in [0.29, 0.717) is 6.54 Å². The normalized spacial score (nSPS) is 11.5. The average Bonchev–Trinajstić information content (AvgIpc) is 2.89. The van der Waals surface area contributed by atoms with Crippen LogP contribution < -0.4 is 10.6 Å². The van der Waals surface area contributed by atoms with Crippen molar-refractivity contribution >= 4 is 17.3 Å². The second-order valence-electron chi connectivity index (χ2n) is 5.34. The van der Waals surface area contributed by atoms with E-state index in [9.17, 15) is 0 Å². The van der Waals surface area contributed by atoms with Crippen molar-refractivity contribution in [3.05, 3.63) is 51.0 Å². The van der Waals surface area contributed by atoms with E-state index in [1.54, 1.807) is 11.3 Å². The second kappa shape index (κ2) is 7.94. The fraction of sp³-hybridized carbons (Fsp3) is 0.412. The van der Waals surface area contributed by atoms with Gasteiger partial charge in [0.05, 0.1) is 24.3 Å². The molecule has 0 unspecified atom stereocenters. The molecule has 2 N–H and O–H groups in total. The highest BCUT2D eigenvalue weighted by Crippen LogP contribution is 2.12. The van der Waals surface area contributed by atoms with Crippen molar-refractivity contribution in [2.45, 2.75) is 40.8 Å². The molecule has 0 saturated heterocycles. The number of benzene rings is 1. The molecule has 0 radical (unpaired) electrons. The van der Waals surface area contributed by atoms with Crippen LogP contribution in [0.2, 0.25) is 0 Å². The SMILES string of the molecule is CCNC(=NCc1ccc(C)cc1C)NCc1scnc1C. The fourth-order valence-electron chi connectivity index (χ4n) is 2.19. The third-order valence-electron chi connectivity index (χ3n) is 3.51. The van der Waals surface area contributed by atoms with Crippen molar-refractivity contribution < 1.29 is 0 Å². The summed E-state index contributed by atoms with van der Waals surface area (Å²) in [5.74, 6) is 0.843. The maximum atomic E-state index is 4.68. The van der Waals surface area contributed by atoms with Crippen molar-refractivity contribution in [1.29, 1.82) is 0 Å². The Morgan fingerprint density at radius 2 is 2.05 bits per heavy atom. The first kappa shape index (κ1) is 16.5. The molecule has 0 fully saturated rings. The molecular formula is C17H24N4S. The molecule has 0 saturated carbocycles. The first-order valence-corrected chi connectivity index (χ1v) is 8.45. The van der Waals surface area contributed by atoms with Gasteiger partial charge in [-0.25, -0.2) is 9.98 Å². The van der Waals surface area contributed by atoms with Crippen LogP contribution >= 0.6 is 11.3 Å². The minimum absolute atomic E-state index is 0.684. The summed E-state index contributed by atoms with van der Waals surface area (Å²) in [4.78, 5) is 10.2. The van der Waals surface area contributed by atoms with Gasteiger partial charge in [0, 0.05) is 11.4 Å². The molecule has 0 aliphatic carbocycles. The van der Waals surface area contributed by atoms with Crippen molar-refractivity contribution in [2.24, 2.45) is 4.99 Å². The number of hydrogen-bond acceptors (Lipinski definition) is 3. The number of aromatic nitrogens is 1. The Hall–Kier alpha value is -1.88. The number of hydrogen-bond donors (Lipinski definition) is 2. The van der Waals surface area contributed by atoms with Gasteiger partial charge in [0.2, 0.25) is 0 Å². The molecule has 1 aromatic heterocycles. The maximum absolute atomic E-state index is 4.68. The summed E-state index contributed by atoms with van der Waals surface area (Å²) in [5, 5.41) is 6.66. The third kappa shape index (κ3) is 4.56. The minimum Gasteiger partial charge on any atom is -0.357 e. The molecular weight excluding hydrogens is 292 g/mol. The van der Waals surface area contributed by atoms with Gasteiger partial charge >= 0.3 is 0 Å². The monoisotopic (exact) mass is 316 g/mol. The van der Waals surface area contributed by atoms with Gasteiger partial charge < -0.3 is 10.6 Å². The zero-order valence-corrected chi connectivity index (χ0v) is 14.5. The summed E-state index contributed by atoms with van der Waals surface area (Å²) in [6, 6.07) is 6.50. The molecule has 5 heteroatoms. The summed E-state index contributed by atoms with van der Waals surface area (Å²) in [5.41, 5.74) is 6.81. The molecule has 0 bridgehead atoms. The molecule has 2 rings (SSSR count). The Kier molecular flexibility index (Phi) is 5.95. The van der Waals surface area contributed by atoms with Crippen LogP contribution in [0.5, 0.6) is 0 Å². The van der Waals surface area contributed by atoms with Crippen LogP contribution in [0.25, 0.3) is 0 Å². The average molecular weight is 316 g/mol. The quantitative estimate of drug-likeness (QED) is 0.657. The molecule has 22 heavy (non-hydrogen) atoms. The Morgan fingerprint density at radius 1 is 1.23 bits per heavy atom. The third-order valence-corrected chi connectivity index (χ3v) is 4.45. The summed E-state index contributed by atoms with van der Waals surface area (Å²) >= 11 is 1.67. The number of guanidine groups is 1. The molecule has 118 valence electrons. The fourth-order valence-corrected chi connectivity index (χ4v) is 2.91. The lowest BCUT2D eigenvalue weighted by Crippen LogP contribution is -2.36. The van der Waals surface area contributed by atoms with Gasteiger partial charge in [0.25, 0.3) is 0 Å². The van der Waals surface area contributed by atoms with Gasteiger partial charge in [0.15, 0.2) is 5.96 Å². The van der Waals surface area contributed by atoms with Crippen LogP contribution in [0, 0.1) is 20.8 Å². The molecule has 0 atom stereocenters. The zero-order valence-electron chi connectivity index (χ0n) is 13.7. The van der Waals surface area contributed by atoms with Crippen LogP contribution in [0.3, 0.4) is 0 Å². The number of nitrogens with zero attached hydrogens (tertiary/aromatic N) is 2. The predicted octanol–water partition coefficient (Wildman–Crippen LogP) is 3.32. The lowest BCUT2D eigenvalue weighted by molar-refractivity contribution is 0.818. The van der Waals surface area contributed by atoms with Crippen LogP contribution in [-0.4, -0.2) is 17.5 Å². The Morgan fingerprint density at radius 3 is 2.68 bits per heavy atom. The highest BCUT2D eigenvalue weighted by molar-refractivity contribution is 7.09. The van der Waals surface area contributed by atoms with Crippen LogP contribution in [0.4, 0.5) is 0 Å². The van der Waals surface area contributed by atoms with Crippen LogP contribution in [0.15, 0.2) is 28.7 Å². The van der Waals surface area contributed by atoms with E-state index in [-0.39, 0.29) is 0 Å². The molecule has 2 aromatic rings. The lowest BCUT2D eigenvalue weighted by atomic mass is 10.1. The zero-order chi connectivity index (χ0) is 15.9. The number of aryl methyl sites for hydroxylation is 3. The molecule has 1 aromatic carbocycles. The molecule has 4 nitrogen and oxygen atoms in total. The van der Waals surface area contributed by atoms with Crippen LogP contribution in [0.1, 0.15) is 34.2 Å². The van der Waals surface area contributed by atoms with Gasteiger partial charge in [-0.05, 0) is 38.8 Å². The van der Waals surface area contributed by atoms with E-state index in [1.807, 2.05) is 12.4 Å². The maximum Gasteiger partial charge on any atom is 0.191 e. The predicted molar refractivity (Wildman–Crippen MR) is 94.4 cm³/mol. The van der Waals surface area contributed by atoms with E-state index in [2.05, 4.69) is 59.6 Å². The number of rotatable bonds is 5. The van der Waals surface area contributed by atoms with E-state index in [0.717, 1.165) is 24.7 Å². The Balaban J connectivity index is 2.01. The van der Waals surface area contributed by atoms with Crippen molar-refractivity contribution in [3.63, 3.8) is 0 Å². The highest BCUT2D eigenvalue weighted by Gasteiger charge is 2.04. The molecule has 0 aliphatic heterocycles. The molecule has 0 spiro atoms. The number of aliphatic imine (C=N–C) groups is 1. The summed E-state index contributed by atoms with van der Waals surface area (Å²) < 4.78 is 0. The van der Waals surface area contributed by atoms with Crippen LogP contribution in [-0.2, 0) is 13.1 Å². The first-order valence-electron chi connectivity index (χ1n) is 7.57. The van der Waals surface area contributed by atoms with E-state index in [1.165, 1.54) is 21.6 Å². The van der Waals surface area contributed by atoms with Crippen molar-refractivity contribution in [3.8, 4) is 0 Å². The largest absolute Gasteiger partial charge is 0.357 e. The van der Waals surface area contributed by atoms with Crippen molar-refractivity contribution in [2.75, 3.05) is 6.54 Å². The van der Waals surface area contributed by atoms with Crippen molar-refractivity contribution in [1.82, 2.24) is 15.6 Å². The smallest absolute Gasteiger partial charge is 0.191 e. The summed E-state index contributed by atoms with van der Waals surface area (Å²) in [7, 11) is 0. The highest BCUT2D eigenvalue weighted by atomic mass is 32.1. The standard InChI is InChI=1S/C17H24N4S/c1-5-18-17(20-10-16-14(4)21-11-22-16)19-9-15-7-6-12(2)8-13(15)3/h6-8,11H,5,9-10H2,1-4H3,(H2,18,19,20). The molecule has 1 heterocycles. The van der Waals surface area contributed by atoms with Gasteiger partial charge in [-0.3, -0.25) is 0 Å². The van der Waals surface area contributed by atoms with Gasteiger partial charge in [0.1, 0.15) is 0 Å². The van der Waals surface area contributed by atoms with E-state index >= 15 is 0 Å². The second-order valence-corrected chi connectivity index (χ2v) is 6.28. The molecule has 0 amide bonds. The van der Waals surface area contributed by atoms with Gasteiger partial charge in [-0.15, -0.1) is 11.3 Å². The first-order chi connectivity index (χ1) is 10.6. The van der Waals surface area contributed by atoms with E-state index < -0.39 is 0 Å². The Labute approximate surface area is 136 Å². The lowest BCUT2D eigenvalue weighted by Gasteiger charge is -2.11. The topological polar surface area (TPSA) is 49.3 Å². The minimum atomic E-state index is 0.684. The van der Waals surface area contributed by atoms with E-state index in [4.69, 9.17) is 0 Å². The molecule has 0 aliphatic rings. The summed E-state index contributed by atoms with van der Waals surface area (Å²) in [6.07, 6.45) is 0. The summed E-state index contributed by atoms with van der Waals surface area (Å²) in [6.45, 7) is 10.7. The Bertz CT molecular complexity index is 646.